The van der Waals surface area contributed by atoms with E-state index in [0.29, 0.717) is 12.1 Å². The first-order valence-electron chi connectivity index (χ1n) is 6.36. The van der Waals surface area contributed by atoms with Crippen molar-refractivity contribution < 1.29 is 0 Å². The van der Waals surface area contributed by atoms with Gasteiger partial charge in [-0.1, -0.05) is 41.5 Å². The van der Waals surface area contributed by atoms with E-state index in [1.807, 2.05) is 0 Å². The number of likely N-dealkylation sites (N-methyl/N-ethyl adjacent to an activating group) is 1. The summed E-state index contributed by atoms with van der Waals surface area (Å²) < 4.78 is 0. The highest BCUT2D eigenvalue weighted by Gasteiger charge is 2.36. The van der Waals surface area contributed by atoms with E-state index in [-0.39, 0.29) is 16.9 Å². The summed E-state index contributed by atoms with van der Waals surface area (Å²) in [4.78, 5) is 2.45. The molecule has 0 saturated heterocycles. The van der Waals surface area contributed by atoms with E-state index in [2.05, 4.69) is 67.3 Å². The Balaban J connectivity index is 4.97. The van der Waals surface area contributed by atoms with Crippen molar-refractivity contribution >= 4 is 0 Å². The molecule has 3 atom stereocenters. The van der Waals surface area contributed by atoms with E-state index in [9.17, 15) is 0 Å². The summed E-state index contributed by atoms with van der Waals surface area (Å²) in [6.45, 7) is 18.1. The molecule has 0 spiro atoms. The predicted octanol–water partition coefficient (Wildman–Crippen LogP) is 3.11. The summed E-state index contributed by atoms with van der Waals surface area (Å²) in [5.74, 6) is 0. The molecule has 2 heteroatoms. The molecule has 2 N–H and O–H groups in total. The summed E-state index contributed by atoms with van der Waals surface area (Å²) in [5, 5.41) is 0. The van der Waals surface area contributed by atoms with E-state index >= 15 is 0 Å². The average Bonchev–Trinajstić information content (AvgIpc) is 1.97. The van der Waals surface area contributed by atoms with E-state index in [1.54, 1.807) is 0 Å². The molecule has 16 heavy (non-hydrogen) atoms. The van der Waals surface area contributed by atoms with Crippen molar-refractivity contribution in [3.05, 3.63) is 0 Å². The number of hydrogen-bond acceptors (Lipinski definition) is 2. The van der Waals surface area contributed by atoms with Gasteiger partial charge < -0.3 is 5.73 Å². The minimum atomic E-state index is 0.190. The van der Waals surface area contributed by atoms with Crippen LogP contribution in [0.4, 0.5) is 0 Å². The molecular formula is C14H32N2. The standard InChI is InChI=1S/C14H32N2/c1-10(15)12(14(6,7)8)16(9)11(2)13(3,4)5/h10-12H,15H2,1-9H3. The Kier molecular flexibility index (Phi) is 5.03. The van der Waals surface area contributed by atoms with Crippen molar-refractivity contribution in [2.45, 2.75) is 73.5 Å². The van der Waals surface area contributed by atoms with Gasteiger partial charge in [-0.05, 0) is 31.7 Å². The highest BCUT2D eigenvalue weighted by molar-refractivity contribution is 4.92. The average molecular weight is 228 g/mol. The first-order valence-corrected chi connectivity index (χ1v) is 6.36. The van der Waals surface area contributed by atoms with Gasteiger partial charge >= 0.3 is 0 Å². The van der Waals surface area contributed by atoms with Crippen LogP contribution in [0.3, 0.4) is 0 Å². The number of rotatable bonds is 3. The first-order chi connectivity index (χ1) is 6.89. The highest BCUT2D eigenvalue weighted by atomic mass is 15.2. The third-order valence-electron chi connectivity index (χ3n) is 3.69. The lowest BCUT2D eigenvalue weighted by atomic mass is 9.78. The maximum Gasteiger partial charge on any atom is 0.0292 e. The fraction of sp³-hybridized carbons (Fsp3) is 1.00. The van der Waals surface area contributed by atoms with Crippen LogP contribution in [0.15, 0.2) is 0 Å². The molecular weight excluding hydrogens is 196 g/mol. The predicted molar refractivity (Wildman–Crippen MR) is 73.6 cm³/mol. The fourth-order valence-corrected chi connectivity index (χ4v) is 2.62. The molecule has 0 fully saturated rings. The van der Waals surface area contributed by atoms with Crippen molar-refractivity contribution in [2.24, 2.45) is 16.6 Å². The molecule has 0 radical (unpaired) electrons. The van der Waals surface area contributed by atoms with Gasteiger partial charge in [-0.15, -0.1) is 0 Å². The number of nitrogens with zero attached hydrogens (tertiary/aromatic N) is 1. The Morgan fingerprint density at radius 1 is 0.875 bits per heavy atom. The zero-order valence-electron chi connectivity index (χ0n) is 12.8. The molecule has 0 heterocycles. The lowest BCUT2D eigenvalue weighted by Crippen LogP contribution is -2.57. The van der Waals surface area contributed by atoms with Gasteiger partial charge in [-0.25, -0.2) is 0 Å². The SMILES string of the molecule is CC(N)C(N(C)C(C)C(C)(C)C)C(C)(C)C. The molecule has 0 aliphatic heterocycles. The smallest absolute Gasteiger partial charge is 0.0292 e. The zero-order chi connectivity index (χ0) is 13.3. The Bertz CT molecular complexity index is 208. The van der Waals surface area contributed by atoms with Crippen molar-refractivity contribution in [1.82, 2.24) is 4.90 Å². The maximum atomic E-state index is 6.16. The third kappa shape index (κ3) is 4.06. The Morgan fingerprint density at radius 2 is 1.25 bits per heavy atom. The van der Waals surface area contributed by atoms with E-state index in [1.165, 1.54) is 0 Å². The van der Waals surface area contributed by atoms with Crippen molar-refractivity contribution in [2.75, 3.05) is 7.05 Å². The van der Waals surface area contributed by atoms with Crippen molar-refractivity contribution in [3.8, 4) is 0 Å². The molecule has 98 valence electrons. The van der Waals surface area contributed by atoms with E-state index in [4.69, 9.17) is 5.73 Å². The second kappa shape index (κ2) is 5.05. The van der Waals surface area contributed by atoms with Crippen LogP contribution < -0.4 is 5.73 Å². The second-order valence-electron chi connectivity index (χ2n) is 7.38. The largest absolute Gasteiger partial charge is 0.327 e. The van der Waals surface area contributed by atoms with Gasteiger partial charge in [0, 0.05) is 18.1 Å². The van der Waals surface area contributed by atoms with E-state index < -0.39 is 0 Å². The quantitative estimate of drug-likeness (QED) is 0.804. The summed E-state index contributed by atoms with van der Waals surface area (Å²) in [6.07, 6.45) is 0. The molecule has 0 aliphatic carbocycles. The lowest BCUT2D eigenvalue weighted by molar-refractivity contribution is 0.0307. The van der Waals surface area contributed by atoms with Gasteiger partial charge in [-0.3, -0.25) is 4.90 Å². The zero-order valence-corrected chi connectivity index (χ0v) is 12.8. The van der Waals surface area contributed by atoms with Crippen LogP contribution in [-0.2, 0) is 0 Å². The Hall–Kier alpha value is -0.0800. The third-order valence-corrected chi connectivity index (χ3v) is 3.69. The normalized spacial score (nSPS) is 19.7. The van der Waals surface area contributed by atoms with Gasteiger partial charge in [0.1, 0.15) is 0 Å². The molecule has 0 aromatic carbocycles. The fourth-order valence-electron chi connectivity index (χ4n) is 2.62. The van der Waals surface area contributed by atoms with Crippen LogP contribution in [0.25, 0.3) is 0 Å². The molecule has 0 aromatic rings. The van der Waals surface area contributed by atoms with Crippen LogP contribution in [0.1, 0.15) is 55.4 Å². The minimum Gasteiger partial charge on any atom is -0.327 e. The molecule has 0 rings (SSSR count). The van der Waals surface area contributed by atoms with Crippen LogP contribution in [0.5, 0.6) is 0 Å². The number of nitrogens with two attached hydrogens (primary N) is 1. The van der Waals surface area contributed by atoms with Gasteiger partial charge in [-0.2, -0.15) is 0 Å². The molecule has 0 saturated carbocycles. The van der Waals surface area contributed by atoms with Gasteiger partial charge in [0.05, 0.1) is 0 Å². The van der Waals surface area contributed by atoms with E-state index in [0.717, 1.165) is 0 Å². The van der Waals surface area contributed by atoms with Crippen LogP contribution in [0, 0.1) is 10.8 Å². The van der Waals surface area contributed by atoms with Gasteiger partial charge in [0.2, 0.25) is 0 Å². The second-order valence-corrected chi connectivity index (χ2v) is 7.38. The Morgan fingerprint density at radius 3 is 1.44 bits per heavy atom. The summed E-state index contributed by atoms with van der Waals surface area (Å²) in [7, 11) is 2.20. The first kappa shape index (κ1) is 15.9. The molecule has 0 aliphatic rings. The van der Waals surface area contributed by atoms with Crippen LogP contribution >= 0.6 is 0 Å². The summed E-state index contributed by atoms with van der Waals surface area (Å²) in [5.41, 5.74) is 6.66. The summed E-state index contributed by atoms with van der Waals surface area (Å²) in [6, 6.07) is 1.11. The molecule has 2 nitrogen and oxygen atoms in total. The van der Waals surface area contributed by atoms with Crippen molar-refractivity contribution in [3.63, 3.8) is 0 Å². The topological polar surface area (TPSA) is 29.3 Å². The molecule has 0 bridgehead atoms. The number of hydrogen-bond donors (Lipinski definition) is 1. The molecule has 3 unspecified atom stereocenters. The minimum absolute atomic E-state index is 0.190. The van der Waals surface area contributed by atoms with Crippen LogP contribution in [-0.4, -0.2) is 30.1 Å². The monoisotopic (exact) mass is 228 g/mol. The molecule has 0 amide bonds. The highest BCUT2D eigenvalue weighted by Crippen LogP contribution is 2.32. The molecule has 0 aromatic heterocycles. The lowest BCUT2D eigenvalue weighted by Gasteiger charge is -2.47. The van der Waals surface area contributed by atoms with Crippen molar-refractivity contribution in [1.29, 1.82) is 0 Å². The maximum absolute atomic E-state index is 6.16. The summed E-state index contributed by atoms with van der Waals surface area (Å²) >= 11 is 0. The Labute approximate surface area is 103 Å². The van der Waals surface area contributed by atoms with Gasteiger partial charge in [0.25, 0.3) is 0 Å². The van der Waals surface area contributed by atoms with Gasteiger partial charge in [0.15, 0.2) is 0 Å². The van der Waals surface area contributed by atoms with Crippen LogP contribution in [0.2, 0.25) is 0 Å².